The second-order valence-corrected chi connectivity index (χ2v) is 7.55. The molecule has 134 valence electrons. The lowest BCUT2D eigenvalue weighted by atomic mass is 10.0. The Kier molecular flexibility index (Phi) is 6.64. The number of hydrogen-bond donors (Lipinski definition) is 1. The van der Waals surface area contributed by atoms with E-state index in [1.165, 1.54) is 45.1 Å². The fraction of sp³-hybridized carbons (Fsp3) is 0.750. The Morgan fingerprint density at radius 2 is 1.92 bits per heavy atom. The summed E-state index contributed by atoms with van der Waals surface area (Å²) < 4.78 is 0. The molecule has 1 aromatic heterocycles. The molecular weight excluding hydrogens is 298 g/mol. The van der Waals surface area contributed by atoms with Crippen molar-refractivity contribution in [3.8, 4) is 0 Å². The maximum absolute atomic E-state index is 9.53. The van der Waals surface area contributed by atoms with Crippen LogP contribution in [-0.4, -0.2) is 58.2 Å². The highest BCUT2D eigenvalue weighted by atomic mass is 16.3. The third kappa shape index (κ3) is 4.78. The maximum Gasteiger partial charge on any atom is 0.0547 e. The van der Waals surface area contributed by atoms with Crippen molar-refractivity contribution in [2.24, 2.45) is 0 Å². The zero-order chi connectivity index (χ0) is 16.8. The van der Waals surface area contributed by atoms with Crippen LogP contribution >= 0.6 is 0 Å². The van der Waals surface area contributed by atoms with E-state index in [1.54, 1.807) is 0 Å². The number of hydrogen-bond acceptors (Lipinski definition) is 4. The first-order chi connectivity index (χ1) is 11.8. The van der Waals surface area contributed by atoms with Gasteiger partial charge >= 0.3 is 0 Å². The molecule has 2 fully saturated rings. The van der Waals surface area contributed by atoms with Gasteiger partial charge in [-0.15, -0.1) is 0 Å². The van der Waals surface area contributed by atoms with Gasteiger partial charge in [0.2, 0.25) is 0 Å². The van der Waals surface area contributed by atoms with Crippen LogP contribution in [0.5, 0.6) is 0 Å². The summed E-state index contributed by atoms with van der Waals surface area (Å²) in [5, 5.41) is 9.53. The number of aliphatic hydroxyl groups excluding tert-OH is 1. The number of piperazine rings is 1. The van der Waals surface area contributed by atoms with Crippen molar-refractivity contribution in [2.75, 3.05) is 26.2 Å². The average Bonchev–Trinajstić information content (AvgIpc) is 2.86. The molecule has 1 saturated carbocycles. The van der Waals surface area contributed by atoms with Gasteiger partial charge < -0.3 is 5.11 Å². The summed E-state index contributed by atoms with van der Waals surface area (Å²) in [5.74, 6) is 0. The van der Waals surface area contributed by atoms with Crippen molar-refractivity contribution >= 4 is 0 Å². The van der Waals surface area contributed by atoms with Crippen molar-refractivity contribution < 1.29 is 5.11 Å². The minimum absolute atomic E-state index is 0.279. The molecule has 0 aromatic carbocycles. The van der Waals surface area contributed by atoms with Gasteiger partial charge in [-0.2, -0.15) is 0 Å². The quantitative estimate of drug-likeness (QED) is 0.842. The Morgan fingerprint density at radius 1 is 1.12 bits per heavy atom. The Hall–Kier alpha value is -0.970. The molecule has 4 heteroatoms. The van der Waals surface area contributed by atoms with Crippen molar-refractivity contribution in [1.29, 1.82) is 0 Å². The van der Waals surface area contributed by atoms with E-state index in [2.05, 4.69) is 39.9 Å². The number of aryl methyl sites for hydroxylation is 1. The maximum atomic E-state index is 9.53. The van der Waals surface area contributed by atoms with E-state index in [-0.39, 0.29) is 6.61 Å². The Bertz CT molecular complexity index is 499. The summed E-state index contributed by atoms with van der Waals surface area (Å²) in [5.41, 5.74) is 2.24. The fourth-order valence-corrected chi connectivity index (χ4v) is 4.40. The lowest BCUT2D eigenvalue weighted by Crippen LogP contribution is -2.55. The number of rotatable bonds is 5. The van der Waals surface area contributed by atoms with Gasteiger partial charge in [0, 0.05) is 50.6 Å². The average molecular weight is 332 g/mol. The van der Waals surface area contributed by atoms with E-state index >= 15 is 0 Å². The number of aromatic nitrogens is 1. The van der Waals surface area contributed by atoms with Gasteiger partial charge in [-0.25, -0.2) is 0 Å². The molecule has 0 amide bonds. The lowest BCUT2D eigenvalue weighted by Gasteiger charge is -2.44. The Balaban J connectivity index is 1.62. The topological polar surface area (TPSA) is 39.6 Å². The van der Waals surface area contributed by atoms with Crippen molar-refractivity contribution in [3.63, 3.8) is 0 Å². The zero-order valence-electron chi connectivity index (χ0n) is 15.2. The molecule has 1 N–H and O–H groups in total. The molecule has 1 atom stereocenters. The molecule has 1 aliphatic heterocycles. The predicted octanol–water partition coefficient (Wildman–Crippen LogP) is 2.98. The van der Waals surface area contributed by atoms with Gasteiger partial charge in [0.1, 0.15) is 0 Å². The summed E-state index contributed by atoms with van der Waals surface area (Å²) in [7, 11) is 0. The second kappa shape index (κ2) is 8.93. The molecule has 0 bridgehead atoms. The molecule has 0 radical (unpaired) electrons. The highest BCUT2D eigenvalue weighted by molar-refractivity contribution is 5.10. The normalized spacial score (nSPS) is 24.8. The van der Waals surface area contributed by atoms with E-state index in [0.717, 1.165) is 43.5 Å². The third-order valence-electron chi connectivity index (χ3n) is 5.75. The zero-order valence-corrected chi connectivity index (χ0v) is 15.2. The van der Waals surface area contributed by atoms with Gasteiger partial charge in [-0.3, -0.25) is 14.8 Å². The number of aliphatic hydroxyl groups is 1. The van der Waals surface area contributed by atoms with E-state index < -0.39 is 0 Å². The Morgan fingerprint density at radius 3 is 2.62 bits per heavy atom. The molecule has 1 saturated heterocycles. The van der Waals surface area contributed by atoms with Gasteiger partial charge in [0.05, 0.1) is 5.69 Å². The summed E-state index contributed by atoms with van der Waals surface area (Å²) >= 11 is 0. The first-order valence-corrected chi connectivity index (χ1v) is 9.78. The largest absolute Gasteiger partial charge is 0.396 e. The monoisotopic (exact) mass is 331 g/mol. The van der Waals surface area contributed by atoms with E-state index in [0.29, 0.717) is 6.04 Å². The van der Waals surface area contributed by atoms with Gasteiger partial charge in [-0.1, -0.05) is 31.7 Å². The second-order valence-electron chi connectivity index (χ2n) is 7.55. The van der Waals surface area contributed by atoms with Crippen molar-refractivity contribution in [2.45, 2.75) is 70.5 Å². The molecule has 2 aliphatic rings. The van der Waals surface area contributed by atoms with Gasteiger partial charge in [0.15, 0.2) is 0 Å². The van der Waals surface area contributed by atoms with Crippen LogP contribution < -0.4 is 0 Å². The van der Waals surface area contributed by atoms with Crippen LogP contribution in [0.1, 0.15) is 56.3 Å². The van der Waals surface area contributed by atoms with Crippen LogP contribution in [0.2, 0.25) is 0 Å². The lowest BCUT2D eigenvalue weighted by molar-refractivity contribution is 0.0269. The van der Waals surface area contributed by atoms with Crippen LogP contribution in [-0.2, 0) is 6.54 Å². The first kappa shape index (κ1) is 17.8. The van der Waals surface area contributed by atoms with Crippen LogP contribution in [0.25, 0.3) is 0 Å². The van der Waals surface area contributed by atoms with E-state index in [4.69, 9.17) is 0 Å². The van der Waals surface area contributed by atoms with Gasteiger partial charge in [0.25, 0.3) is 0 Å². The van der Waals surface area contributed by atoms with E-state index in [9.17, 15) is 5.11 Å². The first-order valence-electron chi connectivity index (χ1n) is 9.78. The van der Waals surface area contributed by atoms with Crippen LogP contribution in [0.3, 0.4) is 0 Å². The minimum atomic E-state index is 0.279. The minimum Gasteiger partial charge on any atom is -0.396 e. The molecular formula is C20H33N3O. The molecule has 1 aliphatic carbocycles. The number of pyridine rings is 1. The van der Waals surface area contributed by atoms with Crippen molar-refractivity contribution in [3.05, 3.63) is 29.6 Å². The standard InChI is InChI=1S/C20H33N3O/c1-17-7-6-8-18(21-17)15-22-12-13-23(16-20(22)11-14-24)19-9-4-2-3-5-10-19/h6-8,19-20,24H,2-5,9-16H2,1H3/t20-/m1/s1. The fourth-order valence-electron chi connectivity index (χ4n) is 4.40. The highest BCUT2D eigenvalue weighted by Crippen LogP contribution is 2.25. The smallest absolute Gasteiger partial charge is 0.0547 e. The SMILES string of the molecule is Cc1cccc(CN2CCN(C3CCCCCC3)C[C@H]2CCO)n1. The molecule has 0 spiro atoms. The molecule has 24 heavy (non-hydrogen) atoms. The Labute approximate surface area is 146 Å². The van der Waals surface area contributed by atoms with Crippen molar-refractivity contribution in [1.82, 2.24) is 14.8 Å². The molecule has 3 rings (SSSR count). The molecule has 0 unspecified atom stereocenters. The van der Waals surface area contributed by atoms with Crippen LogP contribution in [0, 0.1) is 6.92 Å². The highest BCUT2D eigenvalue weighted by Gasteiger charge is 2.30. The van der Waals surface area contributed by atoms with Gasteiger partial charge in [-0.05, 0) is 38.3 Å². The third-order valence-corrected chi connectivity index (χ3v) is 5.75. The summed E-state index contributed by atoms with van der Waals surface area (Å²) in [6.45, 7) is 6.61. The van der Waals surface area contributed by atoms with Crippen LogP contribution in [0.15, 0.2) is 18.2 Å². The molecule has 4 nitrogen and oxygen atoms in total. The summed E-state index contributed by atoms with van der Waals surface area (Å²) in [6, 6.07) is 7.50. The molecule has 1 aromatic rings. The summed E-state index contributed by atoms with van der Waals surface area (Å²) in [4.78, 5) is 9.91. The number of nitrogens with zero attached hydrogens (tertiary/aromatic N) is 3. The van der Waals surface area contributed by atoms with Crippen LogP contribution in [0.4, 0.5) is 0 Å². The molecule has 2 heterocycles. The predicted molar refractivity (Wildman–Crippen MR) is 97.9 cm³/mol. The summed E-state index contributed by atoms with van der Waals surface area (Å²) in [6.07, 6.45) is 9.21. The van der Waals surface area contributed by atoms with E-state index in [1.807, 2.05) is 0 Å².